The number of aliphatic hydroxyl groups is 1. The molecule has 10 nitrogen and oxygen atoms in total. The fourth-order valence-corrected chi connectivity index (χ4v) is 4.84. The summed E-state index contributed by atoms with van der Waals surface area (Å²) in [5.41, 5.74) is 4.54. The van der Waals surface area contributed by atoms with Gasteiger partial charge in [0, 0.05) is 43.4 Å². The summed E-state index contributed by atoms with van der Waals surface area (Å²) in [5, 5.41) is 20.7. The second kappa shape index (κ2) is 10.5. The summed E-state index contributed by atoms with van der Waals surface area (Å²) in [7, 11) is 4.96. The number of aliphatic hydroxyl groups excluding tert-OH is 1. The molecular formula is C28H30N6O4. The lowest BCUT2D eigenvalue weighted by molar-refractivity contribution is 0.0828. The maximum Gasteiger partial charge on any atom is 0.322 e. The molecule has 0 bridgehead atoms. The maximum absolute atomic E-state index is 13.1. The summed E-state index contributed by atoms with van der Waals surface area (Å²) in [5.74, 6) is 0.471. The molecule has 38 heavy (non-hydrogen) atoms. The number of methoxy groups -OCH3 is 1. The van der Waals surface area contributed by atoms with Gasteiger partial charge in [-0.3, -0.25) is 9.89 Å². The summed E-state index contributed by atoms with van der Waals surface area (Å²) in [4.78, 5) is 33.7. The number of amides is 3. The Morgan fingerprint density at radius 1 is 1.18 bits per heavy atom. The van der Waals surface area contributed by atoms with E-state index in [0.717, 1.165) is 40.6 Å². The first-order chi connectivity index (χ1) is 18.4. The number of para-hydroxylation sites is 1. The van der Waals surface area contributed by atoms with Crippen molar-refractivity contribution in [2.75, 3.05) is 39.7 Å². The van der Waals surface area contributed by atoms with Crippen molar-refractivity contribution in [3.8, 4) is 28.1 Å². The molecule has 2 aromatic carbocycles. The zero-order chi connectivity index (χ0) is 26.8. The second-order valence-electron chi connectivity index (χ2n) is 9.46. The number of hydrogen-bond acceptors (Lipinski definition) is 6. The van der Waals surface area contributed by atoms with Crippen LogP contribution < -0.4 is 10.1 Å². The average molecular weight is 515 g/mol. The molecule has 2 aromatic heterocycles. The van der Waals surface area contributed by atoms with Crippen molar-refractivity contribution in [2.24, 2.45) is 0 Å². The lowest BCUT2D eigenvalue weighted by Crippen LogP contribution is -2.40. The Morgan fingerprint density at radius 3 is 2.76 bits per heavy atom. The third-order valence-electron chi connectivity index (χ3n) is 6.87. The van der Waals surface area contributed by atoms with E-state index in [1.807, 2.05) is 36.4 Å². The van der Waals surface area contributed by atoms with Crippen LogP contribution in [-0.4, -0.2) is 82.4 Å². The minimum Gasteiger partial charge on any atom is -0.496 e. The van der Waals surface area contributed by atoms with Gasteiger partial charge in [0.2, 0.25) is 0 Å². The Morgan fingerprint density at radius 2 is 2.00 bits per heavy atom. The van der Waals surface area contributed by atoms with Crippen LogP contribution in [0.4, 0.5) is 10.5 Å². The molecule has 4 aromatic rings. The number of aromatic nitrogens is 3. The molecule has 0 radical (unpaired) electrons. The number of carbonyl (C=O) groups is 2. The van der Waals surface area contributed by atoms with Crippen molar-refractivity contribution in [3.63, 3.8) is 0 Å². The van der Waals surface area contributed by atoms with E-state index in [1.54, 1.807) is 44.4 Å². The first-order valence-electron chi connectivity index (χ1n) is 12.4. The summed E-state index contributed by atoms with van der Waals surface area (Å²) in [6, 6.07) is 14.4. The van der Waals surface area contributed by atoms with Gasteiger partial charge in [-0.2, -0.15) is 5.10 Å². The average Bonchev–Trinajstić information content (AvgIpc) is 3.59. The highest BCUT2D eigenvalue weighted by Gasteiger charge is 2.29. The number of hydrogen-bond donors (Lipinski definition) is 3. The monoisotopic (exact) mass is 514 g/mol. The summed E-state index contributed by atoms with van der Waals surface area (Å²) in [6.45, 7) is 0.479. The molecule has 1 aliphatic heterocycles. The molecule has 3 amide bonds. The van der Waals surface area contributed by atoms with Crippen molar-refractivity contribution < 1.29 is 19.4 Å². The Kier molecular flexibility index (Phi) is 6.97. The van der Waals surface area contributed by atoms with E-state index >= 15 is 0 Å². The molecule has 1 fully saturated rings. The van der Waals surface area contributed by atoms with Gasteiger partial charge in [-0.1, -0.05) is 18.2 Å². The predicted octanol–water partition coefficient (Wildman–Crippen LogP) is 3.99. The number of carbonyl (C=O) groups excluding carboxylic acids is 2. The summed E-state index contributed by atoms with van der Waals surface area (Å²) >= 11 is 0. The van der Waals surface area contributed by atoms with Crippen molar-refractivity contribution in [2.45, 2.75) is 18.9 Å². The third-order valence-corrected chi connectivity index (χ3v) is 6.87. The number of anilines is 1. The van der Waals surface area contributed by atoms with Gasteiger partial charge in [-0.15, -0.1) is 0 Å². The Labute approximate surface area is 220 Å². The zero-order valence-electron chi connectivity index (χ0n) is 21.6. The molecule has 0 saturated carbocycles. The van der Waals surface area contributed by atoms with Crippen molar-refractivity contribution in [1.29, 1.82) is 0 Å². The van der Waals surface area contributed by atoms with Gasteiger partial charge in [-0.25, -0.2) is 9.78 Å². The van der Waals surface area contributed by atoms with Crippen LogP contribution in [-0.2, 0) is 0 Å². The van der Waals surface area contributed by atoms with Gasteiger partial charge in [0.15, 0.2) is 5.65 Å². The van der Waals surface area contributed by atoms with Crippen molar-refractivity contribution >= 4 is 28.7 Å². The Bertz CT molecular complexity index is 1500. The molecular weight excluding hydrogens is 484 g/mol. The number of likely N-dealkylation sites (tertiary alicyclic amines) is 1. The molecule has 3 N–H and O–H groups in total. The highest BCUT2D eigenvalue weighted by atomic mass is 16.5. The lowest BCUT2D eigenvalue weighted by Gasteiger charge is -2.24. The van der Waals surface area contributed by atoms with E-state index in [0.29, 0.717) is 29.2 Å². The first kappa shape index (κ1) is 25.2. The number of fused-ring (bicyclic) bond motifs is 1. The molecule has 10 heteroatoms. The van der Waals surface area contributed by atoms with Gasteiger partial charge < -0.3 is 25.0 Å². The summed E-state index contributed by atoms with van der Waals surface area (Å²) < 4.78 is 5.53. The molecule has 3 heterocycles. The molecule has 1 atom stereocenters. The first-order valence-corrected chi connectivity index (χ1v) is 12.4. The van der Waals surface area contributed by atoms with Crippen LogP contribution in [0.1, 0.15) is 23.2 Å². The molecule has 0 unspecified atom stereocenters. The van der Waals surface area contributed by atoms with Gasteiger partial charge in [-0.05, 0) is 48.7 Å². The number of benzene rings is 2. The fourth-order valence-electron chi connectivity index (χ4n) is 4.84. The number of rotatable bonds is 6. The standard InChI is InChI=1S/C28H30N6O4/c1-33(2)27(36)21-13-17(10-11-23(21)30-28(37)34-12-6-7-19(34)16-35)18-14-22-25(31-32-26(22)29-15-18)20-8-4-5-9-24(20)38-3/h4-5,8-11,13-15,19,35H,6-7,12,16H2,1-3H3,(H,30,37)(H,29,31,32)/t19-/m0/s1. The number of pyridine rings is 1. The Balaban J connectivity index is 1.53. The normalized spacial score (nSPS) is 15.1. The molecule has 1 saturated heterocycles. The van der Waals surface area contributed by atoms with Crippen LogP contribution in [0, 0.1) is 0 Å². The van der Waals surface area contributed by atoms with Crippen LogP contribution in [0.25, 0.3) is 33.4 Å². The number of nitrogens with zero attached hydrogens (tertiary/aromatic N) is 4. The smallest absolute Gasteiger partial charge is 0.322 e. The van der Waals surface area contributed by atoms with E-state index in [-0.39, 0.29) is 24.6 Å². The van der Waals surface area contributed by atoms with Crippen molar-refractivity contribution in [3.05, 3.63) is 60.3 Å². The lowest BCUT2D eigenvalue weighted by atomic mass is 10.0. The van der Waals surface area contributed by atoms with Crippen LogP contribution in [0.2, 0.25) is 0 Å². The van der Waals surface area contributed by atoms with E-state index in [2.05, 4.69) is 20.5 Å². The van der Waals surface area contributed by atoms with Gasteiger partial charge >= 0.3 is 6.03 Å². The van der Waals surface area contributed by atoms with E-state index in [4.69, 9.17) is 4.74 Å². The predicted molar refractivity (Wildman–Crippen MR) is 145 cm³/mol. The molecule has 0 spiro atoms. The van der Waals surface area contributed by atoms with Crippen molar-refractivity contribution in [1.82, 2.24) is 25.0 Å². The second-order valence-corrected chi connectivity index (χ2v) is 9.46. The van der Waals surface area contributed by atoms with Crippen LogP contribution >= 0.6 is 0 Å². The van der Waals surface area contributed by atoms with E-state index in [9.17, 15) is 14.7 Å². The maximum atomic E-state index is 13.1. The van der Waals surface area contributed by atoms with Crippen LogP contribution in [0.15, 0.2) is 54.7 Å². The van der Waals surface area contributed by atoms with Gasteiger partial charge in [0.1, 0.15) is 5.75 Å². The Hall–Kier alpha value is -4.44. The topological polar surface area (TPSA) is 124 Å². The van der Waals surface area contributed by atoms with Crippen LogP contribution in [0.3, 0.4) is 0 Å². The minimum atomic E-state index is -0.329. The minimum absolute atomic E-state index is 0.0871. The van der Waals surface area contributed by atoms with Gasteiger partial charge in [0.05, 0.1) is 36.7 Å². The number of aromatic amines is 1. The van der Waals surface area contributed by atoms with E-state index in [1.165, 1.54) is 4.90 Å². The number of nitrogens with one attached hydrogen (secondary N) is 2. The molecule has 0 aliphatic carbocycles. The van der Waals surface area contributed by atoms with Gasteiger partial charge in [0.25, 0.3) is 5.91 Å². The highest BCUT2D eigenvalue weighted by Crippen LogP contribution is 2.35. The summed E-state index contributed by atoms with van der Waals surface area (Å²) in [6.07, 6.45) is 3.30. The zero-order valence-corrected chi connectivity index (χ0v) is 21.6. The largest absolute Gasteiger partial charge is 0.496 e. The highest BCUT2D eigenvalue weighted by molar-refractivity contribution is 6.04. The number of urea groups is 1. The molecule has 5 rings (SSSR count). The number of H-pyrrole nitrogens is 1. The number of ether oxygens (including phenoxy) is 1. The quantitative estimate of drug-likeness (QED) is 0.358. The third kappa shape index (κ3) is 4.66. The molecule has 1 aliphatic rings. The fraction of sp³-hybridized carbons (Fsp3) is 0.286. The SMILES string of the molecule is COc1ccccc1-c1[nH]nc2ncc(-c3ccc(NC(=O)N4CCC[C@H]4CO)c(C(=O)N(C)C)c3)cc12. The molecule has 196 valence electrons. The van der Waals surface area contributed by atoms with E-state index < -0.39 is 0 Å². The van der Waals surface area contributed by atoms with Crippen LogP contribution in [0.5, 0.6) is 5.75 Å².